The highest BCUT2D eigenvalue weighted by Crippen LogP contribution is 2.21. The Kier molecular flexibility index (Phi) is 4.10. The van der Waals surface area contributed by atoms with Crippen molar-refractivity contribution in [3.63, 3.8) is 0 Å². The molecule has 108 valence electrons. The quantitative estimate of drug-likeness (QED) is 0.693. The van der Waals surface area contributed by atoms with Gasteiger partial charge in [0.2, 0.25) is 0 Å². The van der Waals surface area contributed by atoms with Crippen molar-refractivity contribution in [3.8, 4) is 0 Å². The standard InChI is InChI=1S/C13H16N2O4S/c1-9-2-4-12(8-10(9)3-7-13(16)17)15-20(18,19)14-11-5-6-11/h2-4,7-8,11,14-15H,5-6H2,1H3,(H,16,17)/b7-3+. The highest BCUT2D eigenvalue weighted by molar-refractivity contribution is 7.90. The van der Waals surface area contributed by atoms with E-state index in [0.29, 0.717) is 11.3 Å². The third-order valence-electron chi connectivity index (χ3n) is 2.84. The number of aliphatic carboxylic acids is 1. The van der Waals surface area contributed by atoms with Gasteiger partial charge in [-0.2, -0.15) is 13.1 Å². The van der Waals surface area contributed by atoms with Crippen molar-refractivity contribution in [1.82, 2.24) is 4.72 Å². The Morgan fingerprint density at radius 3 is 2.70 bits per heavy atom. The van der Waals surface area contributed by atoms with Crippen LogP contribution in [0.1, 0.15) is 24.0 Å². The number of carboxylic acids is 1. The molecule has 6 nitrogen and oxygen atoms in total. The first-order chi connectivity index (χ1) is 9.35. The number of hydrogen-bond donors (Lipinski definition) is 3. The minimum Gasteiger partial charge on any atom is -0.478 e. The molecule has 3 N–H and O–H groups in total. The summed E-state index contributed by atoms with van der Waals surface area (Å²) in [6, 6.07) is 5.00. The highest BCUT2D eigenvalue weighted by Gasteiger charge is 2.26. The van der Waals surface area contributed by atoms with Crippen molar-refractivity contribution in [2.24, 2.45) is 0 Å². The Morgan fingerprint density at radius 1 is 1.40 bits per heavy atom. The zero-order chi connectivity index (χ0) is 14.8. The summed E-state index contributed by atoms with van der Waals surface area (Å²) in [6.07, 6.45) is 4.18. The van der Waals surface area contributed by atoms with E-state index in [9.17, 15) is 13.2 Å². The normalized spacial score (nSPS) is 15.4. The second-order valence-electron chi connectivity index (χ2n) is 4.74. The molecular formula is C13H16N2O4S. The molecule has 1 aromatic rings. The van der Waals surface area contributed by atoms with Gasteiger partial charge in [0.15, 0.2) is 0 Å². The fraction of sp³-hybridized carbons (Fsp3) is 0.308. The molecule has 0 saturated heterocycles. The van der Waals surface area contributed by atoms with Crippen molar-refractivity contribution in [2.45, 2.75) is 25.8 Å². The fourth-order valence-corrected chi connectivity index (χ4v) is 2.82. The Bertz CT molecular complexity index is 648. The number of hydrogen-bond acceptors (Lipinski definition) is 3. The fourth-order valence-electron chi connectivity index (χ4n) is 1.65. The van der Waals surface area contributed by atoms with Crippen LogP contribution >= 0.6 is 0 Å². The maximum atomic E-state index is 11.8. The molecule has 0 aliphatic heterocycles. The number of nitrogens with one attached hydrogen (secondary N) is 2. The molecule has 0 radical (unpaired) electrons. The van der Waals surface area contributed by atoms with Gasteiger partial charge in [0.1, 0.15) is 0 Å². The van der Waals surface area contributed by atoms with E-state index in [1.54, 1.807) is 18.2 Å². The number of carboxylic acid groups (broad SMARTS) is 1. The van der Waals surface area contributed by atoms with Gasteiger partial charge in [-0.1, -0.05) is 6.07 Å². The highest BCUT2D eigenvalue weighted by atomic mass is 32.2. The lowest BCUT2D eigenvalue weighted by Crippen LogP contribution is -2.31. The molecule has 1 aromatic carbocycles. The van der Waals surface area contributed by atoms with Crippen molar-refractivity contribution < 1.29 is 18.3 Å². The molecule has 0 heterocycles. The maximum Gasteiger partial charge on any atom is 0.328 e. The summed E-state index contributed by atoms with van der Waals surface area (Å²) in [5.41, 5.74) is 1.91. The molecule has 0 amide bonds. The van der Waals surface area contributed by atoms with Gasteiger partial charge in [-0.3, -0.25) is 4.72 Å². The van der Waals surface area contributed by atoms with Crippen LogP contribution in [0.25, 0.3) is 6.08 Å². The van der Waals surface area contributed by atoms with Crippen LogP contribution in [-0.2, 0) is 15.0 Å². The Balaban J connectivity index is 2.16. The van der Waals surface area contributed by atoms with Gasteiger partial charge in [0.25, 0.3) is 10.2 Å². The number of aryl methyl sites for hydroxylation is 1. The Morgan fingerprint density at radius 2 is 2.10 bits per heavy atom. The summed E-state index contributed by atoms with van der Waals surface area (Å²) in [5.74, 6) is -1.05. The smallest absolute Gasteiger partial charge is 0.328 e. The maximum absolute atomic E-state index is 11.8. The molecule has 1 saturated carbocycles. The summed E-state index contributed by atoms with van der Waals surface area (Å²) in [7, 11) is -3.57. The van der Waals surface area contributed by atoms with E-state index in [1.807, 2.05) is 6.92 Å². The first-order valence-electron chi connectivity index (χ1n) is 6.17. The number of rotatable bonds is 6. The summed E-state index contributed by atoms with van der Waals surface area (Å²) < 4.78 is 28.5. The summed E-state index contributed by atoms with van der Waals surface area (Å²) in [5, 5.41) is 8.62. The lowest BCUT2D eigenvalue weighted by molar-refractivity contribution is -0.131. The molecule has 0 atom stereocenters. The monoisotopic (exact) mass is 296 g/mol. The van der Waals surface area contributed by atoms with Crippen LogP contribution < -0.4 is 9.44 Å². The van der Waals surface area contributed by atoms with Crippen molar-refractivity contribution in [3.05, 3.63) is 35.4 Å². The van der Waals surface area contributed by atoms with Crippen molar-refractivity contribution in [2.75, 3.05) is 4.72 Å². The third-order valence-corrected chi connectivity index (χ3v) is 3.98. The average Bonchev–Trinajstić information content (AvgIpc) is 3.12. The van der Waals surface area contributed by atoms with Gasteiger partial charge in [-0.25, -0.2) is 4.79 Å². The zero-order valence-corrected chi connectivity index (χ0v) is 11.8. The van der Waals surface area contributed by atoms with Crippen LogP contribution in [0.3, 0.4) is 0 Å². The molecule has 0 aromatic heterocycles. The molecule has 1 aliphatic carbocycles. The second kappa shape index (κ2) is 5.64. The predicted octanol–water partition coefficient (Wildman–Crippen LogP) is 1.50. The average molecular weight is 296 g/mol. The molecule has 1 fully saturated rings. The molecule has 20 heavy (non-hydrogen) atoms. The van der Waals surface area contributed by atoms with Gasteiger partial charge >= 0.3 is 5.97 Å². The molecule has 1 aliphatic rings. The van der Waals surface area contributed by atoms with E-state index in [2.05, 4.69) is 9.44 Å². The van der Waals surface area contributed by atoms with E-state index in [4.69, 9.17) is 5.11 Å². The van der Waals surface area contributed by atoms with Gasteiger partial charge in [0, 0.05) is 12.1 Å². The first-order valence-corrected chi connectivity index (χ1v) is 7.66. The van der Waals surface area contributed by atoms with E-state index < -0.39 is 16.2 Å². The first kappa shape index (κ1) is 14.5. The van der Waals surface area contributed by atoms with Crippen LogP contribution in [0.4, 0.5) is 5.69 Å². The Hall–Kier alpha value is -1.86. The summed E-state index contributed by atoms with van der Waals surface area (Å²) in [4.78, 5) is 10.5. The topological polar surface area (TPSA) is 95.5 Å². The second-order valence-corrected chi connectivity index (χ2v) is 6.19. The van der Waals surface area contributed by atoms with Crippen LogP contribution in [-0.4, -0.2) is 25.5 Å². The van der Waals surface area contributed by atoms with Crippen molar-refractivity contribution in [1.29, 1.82) is 0 Å². The number of benzene rings is 1. The van der Waals surface area contributed by atoms with Gasteiger partial charge in [-0.05, 0) is 49.1 Å². The molecule has 0 bridgehead atoms. The Labute approximate surface area is 117 Å². The molecule has 0 spiro atoms. The van der Waals surface area contributed by atoms with Gasteiger partial charge < -0.3 is 5.11 Å². The van der Waals surface area contributed by atoms with E-state index in [-0.39, 0.29) is 6.04 Å². The minimum atomic E-state index is -3.57. The number of anilines is 1. The molecular weight excluding hydrogens is 280 g/mol. The largest absolute Gasteiger partial charge is 0.478 e. The lowest BCUT2D eigenvalue weighted by atomic mass is 10.1. The van der Waals surface area contributed by atoms with E-state index in [0.717, 1.165) is 24.5 Å². The van der Waals surface area contributed by atoms with Crippen molar-refractivity contribution >= 4 is 27.9 Å². The van der Waals surface area contributed by atoms with Crippen LogP contribution in [0.15, 0.2) is 24.3 Å². The summed E-state index contributed by atoms with van der Waals surface area (Å²) in [6.45, 7) is 1.82. The predicted molar refractivity (Wildman–Crippen MR) is 76.5 cm³/mol. The van der Waals surface area contributed by atoms with E-state index >= 15 is 0 Å². The minimum absolute atomic E-state index is 0.0318. The third kappa shape index (κ3) is 4.36. The number of carbonyl (C=O) groups is 1. The molecule has 7 heteroatoms. The lowest BCUT2D eigenvalue weighted by Gasteiger charge is -2.10. The SMILES string of the molecule is Cc1ccc(NS(=O)(=O)NC2CC2)cc1/C=C/C(=O)O. The van der Waals surface area contributed by atoms with E-state index in [1.165, 1.54) is 6.08 Å². The summed E-state index contributed by atoms with van der Waals surface area (Å²) >= 11 is 0. The molecule has 0 unspecified atom stereocenters. The van der Waals surface area contributed by atoms with Gasteiger partial charge in [-0.15, -0.1) is 0 Å². The van der Waals surface area contributed by atoms with Crippen LogP contribution in [0.2, 0.25) is 0 Å². The molecule has 2 rings (SSSR count). The van der Waals surface area contributed by atoms with Crippen LogP contribution in [0.5, 0.6) is 0 Å². The van der Waals surface area contributed by atoms with Crippen LogP contribution in [0, 0.1) is 6.92 Å². The zero-order valence-electron chi connectivity index (χ0n) is 11.0. The van der Waals surface area contributed by atoms with Gasteiger partial charge in [0.05, 0.1) is 5.69 Å².